The summed E-state index contributed by atoms with van der Waals surface area (Å²) in [6.45, 7) is 4.79. The monoisotopic (exact) mass is 265 g/mol. The van der Waals surface area contributed by atoms with Gasteiger partial charge in [0.05, 0.1) is 12.0 Å². The summed E-state index contributed by atoms with van der Waals surface area (Å²) in [4.78, 5) is 13.4. The van der Waals surface area contributed by atoms with Gasteiger partial charge in [0.15, 0.2) is 0 Å². The van der Waals surface area contributed by atoms with Gasteiger partial charge in [-0.1, -0.05) is 24.3 Å². The Balaban J connectivity index is 2.75. The van der Waals surface area contributed by atoms with E-state index in [0.717, 1.165) is 11.1 Å². The first-order valence-electron chi connectivity index (χ1n) is 6.29. The van der Waals surface area contributed by atoms with E-state index in [9.17, 15) is 9.90 Å². The maximum atomic E-state index is 11.4. The van der Waals surface area contributed by atoms with E-state index in [-0.39, 0.29) is 12.3 Å². The molecule has 0 spiro atoms. The fourth-order valence-electron chi connectivity index (χ4n) is 2.12. The maximum absolute atomic E-state index is 11.4. The van der Waals surface area contributed by atoms with Crippen LogP contribution < -0.4 is 11.3 Å². The van der Waals surface area contributed by atoms with E-state index in [1.54, 1.807) is 13.8 Å². The lowest BCUT2D eigenvalue weighted by Crippen LogP contribution is -2.36. The van der Waals surface area contributed by atoms with Crippen LogP contribution >= 0.6 is 0 Å². The molecule has 0 aliphatic rings. The van der Waals surface area contributed by atoms with Crippen molar-refractivity contribution in [1.82, 2.24) is 10.3 Å². The highest BCUT2D eigenvalue weighted by Gasteiger charge is 2.16. The molecule has 0 saturated heterocycles. The highest BCUT2D eigenvalue weighted by atomic mass is 16.3. The average Bonchev–Trinajstić information content (AvgIpc) is 2.29. The van der Waals surface area contributed by atoms with Crippen molar-refractivity contribution in [2.24, 2.45) is 5.84 Å². The molecule has 5 heteroatoms. The quantitative estimate of drug-likeness (QED) is 0.396. The molecule has 0 fully saturated rings. The largest absolute Gasteiger partial charge is 0.389 e. The van der Waals surface area contributed by atoms with Crippen molar-refractivity contribution in [2.45, 2.75) is 32.4 Å². The molecule has 5 nitrogen and oxygen atoms in total. The molecule has 0 radical (unpaired) electrons. The molecule has 1 aromatic rings. The molecule has 4 N–H and O–H groups in total. The SMILES string of the molecule is CN(Cc1ccccc1CC(=O)NN)CC(C)(C)O. The van der Waals surface area contributed by atoms with Crippen LogP contribution in [0.1, 0.15) is 25.0 Å². The second kappa shape index (κ2) is 6.65. The Morgan fingerprint density at radius 1 is 1.37 bits per heavy atom. The van der Waals surface area contributed by atoms with E-state index < -0.39 is 5.60 Å². The molecule has 0 bridgehead atoms. The minimum Gasteiger partial charge on any atom is -0.389 e. The molecule has 0 aliphatic carbocycles. The van der Waals surface area contributed by atoms with Crippen LogP contribution in [-0.4, -0.2) is 35.1 Å². The highest BCUT2D eigenvalue weighted by molar-refractivity contribution is 5.78. The topological polar surface area (TPSA) is 78.6 Å². The molecule has 106 valence electrons. The molecule has 1 amide bonds. The second-order valence-electron chi connectivity index (χ2n) is 5.50. The van der Waals surface area contributed by atoms with Crippen molar-refractivity contribution < 1.29 is 9.90 Å². The Kier molecular flexibility index (Phi) is 5.47. The number of carbonyl (C=O) groups excluding carboxylic acids is 1. The van der Waals surface area contributed by atoms with Crippen molar-refractivity contribution in [3.8, 4) is 0 Å². The molecule has 0 heterocycles. The number of rotatable bonds is 6. The fraction of sp³-hybridized carbons (Fsp3) is 0.500. The number of nitrogens with zero attached hydrogens (tertiary/aromatic N) is 1. The van der Waals surface area contributed by atoms with Crippen LogP contribution in [0.2, 0.25) is 0 Å². The fourth-order valence-corrected chi connectivity index (χ4v) is 2.12. The number of nitrogens with two attached hydrogens (primary N) is 1. The predicted molar refractivity (Wildman–Crippen MR) is 75.1 cm³/mol. The molecule has 0 saturated carbocycles. The molecule has 19 heavy (non-hydrogen) atoms. The van der Waals surface area contributed by atoms with Gasteiger partial charge in [-0.25, -0.2) is 5.84 Å². The summed E-state index contributed by atoms with van der Waals surface area (Å²) in [5.41, 5.74) is 3.42. The highest BCUT2D eigenvalue weighted by Crippen LogP contribution is 2.13. The first kappa shape index (κ1) is 15.6. The van der Waals surface area contributed by atoms with Crippen molar-refractivity contribution in [3.63, 3.8) is 0 Å². The number of amides is 1. The summed E-state index contributed by atoms with van der Waals surface area (Å²) in [6.07, 6.45) is 0.267. The van der Waals surface area contributed by atoms with Gasteiger partial charge in [0, 0.05) is 13.1 Å². The number of carbonyl (C=O) groups is 1. The summed E-state index contributed by atoms with van der Waals surface area (Å²) in [6, 6.07) is 7.75. The Hall–Kier alpha value is -1.43. The van der Waals surface area contributed by atoms with Gasteiger partial charge in [-0.3, -0.25) is 15.1 Å². The number of benzene rings is 1. The van der Waals surface area contributed by atoms with E-state index in [1.807, 2.05) is 36.2 Å². The van der Waals surface area contributed by atoms with Gasteiger partial charge < -0.3 is 5.11 Å². The van der Waals surface area contributed by atoms with E-state index in [4.69, 9.17) is 5.84 Å². The van der Waals surface area contributed by atoms with Crippen molar-refractivity contribution in [1.29, 1.82) is 0 Å². The van der Waals surface area contributed by atoms with Crippen molar-refractivity contribution in [2.75, 3.05) is 13.6 Å². The Bertz CT molecular complexity index is 427. The maximum Gasteiger partial charge on any atom is 0.238 e. The molecule has 1 rings (SSSR count). The minimum absolute atomic E-state index is 0.211. The van der Waals surface area contributed by atoms with Gasteiger partial charge in [0.25, 0.3) is 0 Å². The van der Waals surface area contributed by atoms with Gasteiger partial charge in [0.1, 0.15) is 0 Å². The van der Waals surface area contributed by atoms with Gasteiger partial charge in [-0.2, -0.15) is 0 Å². The van der Waals surface area contributed by atoms with E-state index in [2.05, 4.69) is 5.43 Å². The summed E-state index contributed by atoms with van der Waals surface area (Å²) < 4.78 is 0. The normalized spacial score (nSPS) is 11.7. The zero-order valence-corrected chi connectivity index (χ0v) is 11.8. The average molecular weight is 265 g/mol. The Morgan fingerprint density at radius 3 is 2.47 bits per heavy atom. The number of aliphatic hydroxyl groups is 1. The number of hydrazine groups is 1. The van der Waals surface area contributed by atoms with E-state index in [1.165, 1.54) is 0 Å². The Labute approximate surface area is 114 Å². The van der Waals surface area contributed by atoms with Crippen LogP contribution in [0.25, 0.3) is 0 Å². The Morgan fingerprint density at radius 2 is 1.95 bits per heavy atom. The number of hydrogen-bond acceptors (Lipinski definition) is 4. The van der Waals surface area contributed by atoms with Crippen LogP contribution in [-0.2, 0) is 17.8 Å². The molecule has 0 unspecified atom stereocenters. The van der Waals surface area contributed by atoms with Gasteiger partial charge in [-0.15, -0.1) is 0 Å². The number of nitrogens with one attached hydrogen (secondary N) is 1. The lowest BCUT2D eigenvalue weighted by atomic mass is 10.0. The van der Waals surface area contributed by atoms with Crippen LogP contribution in [0.5, 0.6) is 0 Å². The third kappa shape index (κ3) is 5.83. The molecule has 0 aromatic heterocycles. The first-order valence-corrected chi connectivity index (χ1v) is 6.29. The zero-order chi connectivity index (χ0) is 14.5. The third-order valence-electron chi connectivity index (χ3n) is 2.73. The summed E-state index contributed by atoms with van der Waals surface area (Å²) in [5, 5.41) is 9.80. The van der Waals surface area contributed by atoms with Crippen molar-refractivity contribution >= 4 is 5.91 Å². The first-order chi connectivity index (χ1) is 8.81. The van der Waals surface area contributed by atoms with Crippen molar-refractivity contribution in [3.05, 3.63) is 35.4 Å². The molecule has 0 aliphatic heterocycles. The van der Waals surface area contributed by atoms with Crippen LogP contribution in [0.4, 0.5) is 0 Å². The summed E-state index contributed by atoms with van der Waals surface area (Å²) >= 11 is 0. The number of likely N-dealkylation sites (N-methyl/N-ethyl adjacent to an activating group) is 1. The van der Waals surface area contributed by atoms with Gasteiger partial charge in [0.2, 0.25) is 5.91 Å². The van der Waals surface area contributed by atoms with Crippen LogP contribution in [0.3, 0.4) is 0 Å². The number of hydrogen-bond donors (Lipinski definition) is 3. The molecule has 0 atom stereocenters. The van der Waals surface area contributed by atoms with E-state index in [0.29, 0.717) is 13.1 Å². The second-order valence-corrected chi connectivity index (χ2v) is 5.50. The van der Waals surface area contributed by atoms with Gasteiger partial charge >= 0.3 is 0 Å². The zero-order valence-electron chi connectivity index (χ0n) is 11.8. The standard InChI is InChI=1S/C14H23N3O2/c1-14(2,19)10-17(3)9-12-7-5-4-6-11(12)8-13(18)16-15/h4-7,19H,8-10,15H2,1-3H3,(H,16,18). The van der Waals surface area contributed by atoms with E-state index >= 15 is 0 Å². The minimum atomic E-state index is -0.738. The third-order valence-corrected chi connectivity index (χ3v) is 2.73. The molecular formula is C14H23N3O2. The summed E-state index contributed by atoms with van der Waals surface area (Å²) in [5.74, 6) is 4.90. The lowest BCUT2D eigenvalue weighted by Gasteiger charge is -2.26. The predicted octanol–water partition coefficient (Wildman–Crippen LogP) is 0.422. The van der Waals surface area contributed by atoms with Crippen LogP contribution in [0, 0.1) is 0 Å². The molecule has 1 aromatic carbocycles. The molecular weight excluding hydrogens is 242 g/mol. The van der Waals surface area contributed by atoms with Crippen LogP contribution in [0.15, 0.2) is 24.3 Å². The smallest absolute Gasteiger partial charge is 0.238 e. The summed E-state index contributed by atoms with van der Waals surface area (Å²) in [7, 11) is 1.94. The van der Waals surface area contributed by atoms with Gasteiger partial charge in [-0.05, 0) is 32.0 Å². The lowest BCUT2D eigenvalue weighted by molar-refractivity contribution is -0.120.